The van der Waals surface area contributed by atoms with Gasteiger partial charge in [0.1, 0.15) is 0 Å². The Morgan fingerprint density at radius 1 is 1.41 bits per heavy atom. The Labute approximate surface area is 107 Å². The second kappa shape index (κ2) is 4.51. The predicted octanol–water partition coefficient (Wildman–Crippen LogP) is 2.29. The maximum absolute atomic E-state index is 11.5. The lowest BCUT2D eigenvalue weighted by molar-refractivity contribution is 0.389. The fourth-order valence-corrected chi connectivity index (χ4v) is 3.13. The van der Waals surface area contributed by atoms with E-state index in [-0.39, 0.29) is 0 Å². The molecular formula is C11H16N2O2S2. The molecule has 1 aliphatic heterocycles. The van der Waals surface area contributed by atoms with Gasteiger partial charge in [0, 0.05) is 36.7 Å². The molecule has 0 aliphatic carbocycles. The summed E-state index contributed by atoms with van der Waals surface area (Å²) in [5, 5.41) is 0. The highest BCUT2D eigenvalue weighted by molar-refractivity contribution is 7.98. The standard InChI is InChI=1S/C11H16N2O2S2/c1-8(2)13-7-9-6-10(17(3,14)15)4-5-11(9)12-16-13/h4-6,8,12H,7H2,1-3H3. The number of nitrogens with zero attached hydrogens (tertiary/aromatic N) is 1. The smallest absolute Gasteiger partial charge is 0.175 e. The van der Waals surface area contributed by atoms with Crippen LogP contribution in [0.2, 0.25) is 0 Å². The first kappa shape index (κ1) is 12.7. The largest absolute Gasteiger partial charge is 0.316 e. The van der Waals surface area contributed by atoms with Crippen molar-refractivity contribution in [1.29, 1.82) is 0 Å². The maximum Gasteiger partial charge on any atom is 0.175 e. The van der Waals surface area contributed by atoms with Crippen molar-refractivity contribution >= 4 is 27.7 Å². The average Bonchev–Trinajstić information content (AvgIpc) is 2.26. The number of rotatable bonds is 2. The molecule has 0 spiro atoms. The summed E-state index contributed by atoms with van der Waals surface area (Å²) in [6.07, 6.45) is 1.24. The van der Waals surface area contributed by atoms with E-state index in [1.165, 1.54) is 6.26 Å². The summed E-state index contributed by atoms with van der Waals surface area (Å²) in [6.45, 7) is 4.98. The molecule has 1 aliphatic rings. The minimum Gasteiger partial charge on any atom is -0.316 e. The van der Waals surface area contributed by atoms with Crippen LogP contribution in [0.15, 0.2) is 23.1 Å². The third-order valence-electron chi connectivity index (χ3n) is 2.68. The molecule has 0 bridgehead atoms. The fraction of sp³-hybridized carbons (Fsp3) is 0.455. The summed E-state index contributed by atoms with van der Waals surface area (Å²) in [7, 11) is -3.13. The molecule has 1 aromatic carbocycles. The number of hydrogen-bond donors (Lipinski definition) is 1. The number of fused-ring (bicyclic) bond motifs is 1. The molecule has 4 nitrogen and oxygen atoms in total. The molecule has 17 heavy (non-hydrogen) atoms. The summed E-state index contributed by atoms with van der Waals surface area (Å²) < 4.78 is 28.4. The fourth-order valence-electron chi connectivity index (χ4n) is 1.63. The van der Waals surface area contributed by atoms with E-state index < -0.39 is 9.84 Å². The Balaban J connectivity index is 2.36. The van der Waals surface area contributed by atoms with Crippen LogP contribution in [0.5, 0.6) is 0 Å². The molecule has 0 atom stereocenters. The summed E-state index contributed by atoms with van der Waals surface area (Å²) in [4.78, 5) is 0.383. The molecule has 1 N–H and O–H groups in total. The van der Waals surface area contributed by atoms with Crippen molar-refractivity contribution in [3.05, 3.63) is 23.8 Å². The van der Waals surface area contributed by atoms with Gasteiger partial charge in [0.2, 0.25) is 0 Å². The van der Waals surface area contributed by atoms with Crippen molar-refractivity contribution in [1.82, 2.24) is 4.31 Å². The highest BCUT2D eigenvalue weighted by Gasteiger charge is 2.20. The topological polar surface area (TPSA) is 49.4 Å². The van der Waals surface area contributed by atoms with E-state index in [0.717, 1.165) is 17.8 Å². The number of benzene rings is 1. The van der Waals surface area contributed by atoms with Crippen LogP contribution in [-0.4, -0.2) is 25.0 Å². The van der Waals surface area contributed by atoms with Crippen LogP contribution < -0.4 is 4.72 Å². The van der Waals surface area contributed by atoms with Crippen molar-refractivity contribution in [3.8, 4) is 0 Å². The van der Waals surface area contributed by atoms with Crippen LogP contribution >= 0.6 is 12.1 Å². The van der Waals surface area contributed by atoms with Crippen LogP contribution in [0.4, 0.5) is 5.69 Å². The van der Waals surface area contributed by atoms with Gasteiger partial charge < -0.3 is 4.72 Å². The van der Waals surface area contributed by atoms with E-state index >= 15 is 0 Å². The Kier molecular flexibility index (Phi) is 3.38. The summed E-state index contributed by atoms with van der Waals surface area (Å²) >= 11 is 1.56. The lowest BCUT2D eigenvalue weighted by Crippen LogP contribution is -2.28. The Morgan fingerprint density at radius 2 is 2.12 bits per heavy atom. The zero-order valence-corrected chi connectivity index (χ0v) is 11.7. The molecule has 0 fully saturated rings. The van der Waals surface area contributed by atoms with Gasteiger partial charge in [0.25, 0.3) is 0 Å². The average molecular weight is 272 g/mol. The summed E-state index contributed by atoms with van der Waals surface area (Å²) in [6, 6.07) is 5.64. The Hall–Kier alpha value is -0.720. The van der Waals surface area contributed by atoms with Crippen LogP contribution in [0, 0.1) is 0 Å². The third kappa shape index (κ3) is 2.75. The first-order chi connectivity index (χ1) is 7.88. The molecule has 0 saturated heterocycles. The minimum atomic E-state index is -3.13. The van der Waals surface area contributed by atoms with E-state index in [9.17, 15) is 8.42 Å². The molecule has 0 amide bonds. The Morgan fingerprint density at radius 3 is 2.71 bits per heavy atom. The highest BCUT2D eigenvalue weighted by atomic mass is 32.2. The number of nitrogens with one attached hydrogen (secondary N) is 1. The molecule has 0 radical (unpaired) electrons. The summed E-state index contributed by atoms with van der Waals surface area (Å²) in [5.41, 5.74) is 2.03. The predicted molar refractivity (Wildman–Crippen MR) is 71.4 cm³/mol. The molecule has 2 rings (SSSR count). The molecular weight excluding hydrogens is 256 g/mol. The maximum atomic E-state index is 11.5. The van der Waals surface area contributed by atoms with Gasteiger partial charge in [-0.3, -0.25) is 0 Å². The lowest BCUT2D eigenvalue weighted by atomic mass is 10.1. The quantitative estimate of drug-likeness (QED) is 0.837. The van der Waals surface area contributed by atoms with E-state index in [0.29, 0.717) is 10.9 Å². The first-order valence-corrected chi connectivity index (χ1v) is 8.07. The van der Waals surface area contributed by atoms with Gasteiger partial charge >= 0.3 is 0 Å². The molecule has 6 heteroatoms. The summed E-state index contributed by atoms with van der Waals surface area (Å²) in [5.74, 6) is 0. The van der Waals surface area contributed by atoms with E-state index in [2.05, 4.69) is 22.9 Å². The van der Waals surface area contributed by atoms with Crippen molar-refractivity contribution in [3.63, 3.8) is 0 Å². The van der Waals surface area contributed by atoms with Gasteiger partial charge in [0.15, 0.2) is 9.84 Å². The van der Waals surface area contributed by atoms with Crippen molar-refractivity contribution < 1.29 is 8.42 Å². The normalized spacial score (nSPS) is 16.7. The molecule has 0 saturated carbocycles. The first-order valence-electron chi connectivity index (χ1n) is 5.40. The van der Waals surface area contributed by atoms with Gasteiger partial charge in [-0.05, 0) is 37.6 Å². The highest BCUT2D eigenvalue weighted by Crippen LogP contribution is 2.32. The third-order valence-corrected chi connectivity index (χ3v) is 4.89. The van der Waals surface area contributed by atoms with E-state index in [4.69, 9.17) is 0 Å². The van der Waals surface area contributed by atoms with Gasteiger partial charge in [-0.2, -0.15) is 0 Å². The molecule has 0 aromatic heterocycles. The lowest BCUT2D eigenvalue weighted by Gasteiger charge is -2.31. The van der Waals surface area contributed by atoms with Crippen molar-refractivity contribution in [2.75, 3.05) is 11.0 Å². The SMILES string of the molecule is CC(C)N1Cc2cc(S(C)(=O)=O)ccc2NS1. The monoisotopic (exact) mass is 272 g/mol. The van der Waals surface area contributed by atoms with Gasteiger partial charge in [0.05, 0.1) is 4.90 Å². The molecule has 0 unspecified atom stereocenters. The second-order valence-corrected chi connectivity index (χ2v) is 7.32. The van der Waals surface area contributed by atoms with Crippen LogP contribution in [0.25, 0.3) is 0 Å². The second-order valence-electron chi connectivity index (χ2n) is 4.45. The zero-order valence-electron chi connectivity index (χ0n) is 10.1. The van der Waals surface area contributed by atoms with Crippen molar-refractivity contribution in [2.45, 2.75) is 31.3 Å². The van der Waals surface area contributed by atoms with E-state index in [1.54, 1.807) is 24.3 Å². The van der Waals surface area contributed by atoms with E-state index in [1.807, 2.05) is 6.07 Å². The molecule has 1 aromatic rings. The molecule has 1 heterocycles. The van der Waals surface area contributed by atoms with Gasteiger partial charge in [-0.1, -0.05) is 0 Å². The Bertz CT molecular complexity index is 526. The van der Waals surface area contributed by atoms with Crippen LogP contribution in [-0.2, 0) is 16.4 Å². The van der Waals surface area contributed by atoms with Crippen LogP contribution in [0.1, 0.15) is 19.4 Å². The van der Waals surface area contributed by atoms with Crippen LogP contribution in [0.3, 0.4) is 0 Å². The number of anilines is 1. The van der Waals surface area contributed by atoms with Gasteiger partial charge in [-0.15, -0.1) is 0 Å². The van der Waals surface area contributed by atoms with Crippen molar-refractivity contribution in [2.24, 2.45) is 0 Å². The minimum absolute atomic E-state index is 0.383. The number of hydrogen-bond acceptors (Lipinski definition) is 5. The zero-order chi connectivity index (χ0) is 12.6. The number of sulfone groups is 1. The van der Waals surface area contributed by atoms with Gasteiger partial charge in [-0.25, -0.2) is 12.7 Å². The molecule has 94 valence electrons.